The number of carboxylic acid groups (broad SMARTS) is 1. The molecule has 0 saturated carbocycles. The molecule has 32 heavy (non-hydrogen) atoms. The van der Waals surface area contributed by atoms with Crippen molar-refractivity contribution in [2.45, 2.75) is 32.4 Å². The summed E-state index contributed by atoms with van der Waals surface area (Å²) in [7, 11) is 0. The van der Waals surface area contributed by atoms with E-state index in [2.05, 4.69) is 10.6 Å². The lowest BCUT2D eigenvalue weighted by Gasteiger charge is -2.23. The second-order valence-corrected chi connectivity index (χ2v) is 7.34. The Hall–Kier alpha value is -2.82. The number of aldehydes is 1. The van der Waals surface area contributed by atoms with Gasteiger partial charge in [-0.1, -0.05) is 44.2 Å². The quantitative estimate of drug-likeness (QED) is 0.225. The van der Waals surface area contributed by atoms with Crippen LogP contribution < -0.4 is 10.6 Å². The molecular formula is C22H32N2O8. The molecule has 0 bridgehead atoms. The molecule has 0 aliphatic rings. The van der Waals surface area contributed by atoms with E-state index in [1.165, 1.54) is 0 Å². The predicted octanol–water partition coefficient (Wildman–Crippen LogP) is 0.188. The van der Waals surface area contributed by atoms with Gasteiger partial charge in [-0.25, -0.2) is 4.79 Å². The van der Waals surface area contributed by atoms with Crippen molar-refractivity contribution < 1.29 is 38.5 Å². The molecular weight excluding hydrogens is 420 g/mol. The molecule has 2 atom stereocenters. The summed E-state index contributed by atoms with van der Waals surface area (Å²) in [5.74, 6) is -2.15. The van der Waals surface area contributed by atoms with Crippen molar-refractivity contribution in [3.8, 4) is 0 Å². The van der Waals surface area contributed by atoms with Crippen molar-refractivity contribution in [1.29, 1.82) is 0 Å². The maximum atomic E-state index is 12.6. The van der Waals surface area contributed by atoms with Crippen LogP contribution in [0.5, 0.6) is 0 Å². The molecule has 0 aliphatic heterocycles. The van der Waals surface area contributed by atoms with E-state index in [4.69, 9.17) is 19.3 Å². The van der Waals surface area contributed by atoms with E-state index in [1.807, 2.05) is 30.3 Å². The molecule has 0 saturated heterocycles. The molecule has 0 fully saturated rings. The van der Waals surface area contributed by atoms with Crippen LogP contribution in [0.2, 0.25) is 0 Å². The minimum atomic E-state index is -1.05. The lowest BCUT2D eigenvalue weighted by atomic mass is 10.0. The van der Waals surface area contributed by atoms with Crippen molar-refractivity contribution in [3.63, 3.8) is 0 Å². The van der Waals surface area contributed by atoms with Crippen molar-refractivity contribution >= 4 is 24.1 Å². The normalized spacial score (nSPS) is 12.7. The van der Waals surface area contributed by atoms with Gasteiger partial charge in [0.25, 0.3) is 0 Å². The van der Waals surface area contributed by atoms with Gasteiger partial charge in [0, 0.05) is 0 Å². The van der Waals surface area contributed by atoms with Crippen LogP contribution in [0.3, 0.4) is 0 Å². The topological polar surface area (TPSA) is 140 Å². The van der Waals surface area contributed by atoms with E-state index < -0.39 is 29.9 Å². The fraction of sp³-hybridized carbons (Fsp3) is 0.545. The van der Waals surface area contributed by atoms with Gasteiger partial charge in [0.15, 0.2) is 0 Å². The number of carbonyl (C=O) groups is 4. The van der Waals surface area contributed by atoms with Gasteiger partial charge in [-0.2, -0.15) is 0 Å². The van der Waals surface area contributed by atoms with E-state index in [0.29, 0.717) is 12.7 Å². The summed E-state index contributed by atoms with van der Waals surface area (Å²) in [4.78, 5) is 46.5. The zero-order chi connectivity index (χ0) is 23.8. The molecule has 1 aromatic rings. The maximum absolute atomic E-state index is 12.6. The first-order chi connectivity index (χ1) is 15.3. The summed E-state index contributed by atoms with van der Waals surface area (Å²) in [5, 5.41) is 13.7. The zero-order valence-corrected chi connectivity index (χ0v) is 18.5. The van der Waals surface area contributed by atoms with Gasteiger partial charge in [0.1, 0.15) is 25.5 Å². The Labute approximate surface area is 187 Å². The monoisotopic (exact) mass is 452 g/mol. The number of hydrogen-bond acceptors (Lipinski definition) is 7. The number of ether oxygens (including phenoxy) is 3. The highest BCUT2D eigenvalue weighted by Crippen LogP contribution is 2.05. The van der Waals surface area contributed by atoms with E-state index in [-0.39, 0.29) is 45.6 Å². The molecule has 0 spiro atoms. The number of rotatable bonds is 17. The first-order valence-electron chi connectivity index (χ1n) is 10.4. The molecule has 178 valence electrons. The Morgan fingerprint density at radius 2 is 1.53 bits per heavy atom. The van der Waals surface area contributed by atoms with E-state index in [9.17, 15) is 19.2 Å². The smallest absolute Gasteiger partial charge is 0.329 e. The second kappa shape index (κ2) is 15.9. The largest absolute Gasteiger partial charge is 0.480 e. The summed E-state index contributed by atoms with van der Waals surface area (Å²) in [6.07, 6.45) is 1.04. The Bertz CT molecular complexity index is 711. The lowest BCUT2D eigenvalue weighted by Crippen LogP contribution is -2.53. The summed E-state index contributed by atoms with van der Waals surface area (Å²) in [6.45, 7) is 3.65. The van der Waals surface area contributed by atoms with Crippen molar-refractivity contribution in [2.75, 3.05) is 39.6 Å². The van der Waals surface area contributed by atoms with Gasteiger partial charge in [0.2, 0.25) is 11.8 Å². The standard InChI is InChI=1S/C22H32N2O8/c1-16(2)21(22(29)23-18(13-25)12-17-6-4-3-5-7-17)24-19(26)14-31-10-8-30-9-11-32-15-20(27)28/h3-7,13,16,18,21H,8-12,14-15H2,1-2H3,(H,23,29)(H,24,26)(H,27,28). The SMILES string of the molecule is CC(C)C(NC(=O)COCCOCCOCC(=O)O)C(=O)NC(C=O)Cc1ccccc1. The fourth-order valence-electron chi connectivity index (χ4n) is 2.69. The lowest BCUT2D eigenvalue weighted by molar-refractivity contribution is -0.142. The summed E-state index contributed by atoms with van der Waals surface area (Å²) in [5.41, 5.74) is 0.916. The summed E-state index contributed by atoms with van der Waals surface area (Å²) < 4.78 is 15.2. The van der Waals surface area contributed by atoms with Crippen molar-refractivity contribution in [2.24, 2.45) is 5.92 Å². The number of hydrogen-bond donors (Lipinski definition) is 3. The van der Waals surface area contributed by atoms with Gasteiger partial charge >= 0.3 is 5.97 Å². The van der Waals surface area contributed by atoms with Crippen LogP contribution in [0.25, 0.3) is 0 Å². The minimum absolute atomic E-state index is 0.143. The zero-order valence-electron chi connectivity index (χ0n) is 18.5. The molecule has 0 aliphatic carbocycles. The van der Waals surface area contributed by atoms with Gasteiger partial charge < -0.3 is 34.7 Å². The Balaban J connectivity index is 2.33. The Morgan fingerprint density at radius 1 is 0.938 bits per heavy atom. The van der Waals surface area contributed by atoms with E-state index >= 15 is 0 Å². The van der Waals surface area contributed by atoms with Crippen LogP contribution in [-0.2, 0) is 39.8 Å². The van der Waals surface area contributed by atoms with Gasteiger partial charge in [-0.15, -0.1) is 0 Å². The average molecular weight is 453 g/mol. The Morgan fingerprint density at radius 3 is 2.09 bits per heavy atom. The number of aliphatic carboxylic acids is 1. The van der Waals surface area contributed by atoms with Crippen molar-refractivity contribution in [1.82, 2.24) is 10.6 Å². The summed E-state index contributed by atoms with van der Waals surface area (Å²) in [6, 6.07) is 7.81. The van der Waals surface area contributed by atoms with Crippen LogP contribution in [0.15, 0.2) is 30.3 Å². The van der Waals surface area contributed by atoms with Gasteiger partial charge in [-0.3, -0.25) is 9.59 Å². The number of amides is 2. The number of carbonyl (C=O) groups excluding carboxylic acids is 3. The molecule has 0 heterocycles. The van der Waals surface area contributed by atoms with Crippen LogP contribution in [0.4, 0.5) is 0 Å². The van der Waals surface area contributed by atoms with Crippen LogP contribution in [0, 0.1) is 5.92 Å². The predicted molar refractivity (Wildman–Crippen MR) is 115 cm³/mol. The molecule has 10 heteroatoms. The molecule has 1 aromatic carbocycles. The highest BCUT2D eigenvalue weighted by molar-refractivity contribution is 5.89. The minimum Gasteiger partial charge on any atom is -0.480 e. The average Bonchev–Trinajstić information content (AvgIpc) is 2.76. The number of benzene rings is 1. The third kappa shape index (κ3) is 12.1. The molecule has 10 nitrogen and oxygen atoms in total. The van der Waals surface area contributed by atoms with Crippen LogP contribution in [0.1, 0.15) is 19.4 Å². The van der Waals surface area contributed by atoms with Crippen molar-refractivity contribution in [3.05, 3.63) is 35.9 Å². The van der Waals surface area contributed by atoms with E-state index in [1.54, 1.807) is 13.8 Å². The van der Waals surface area contributed by atoms with Crippen LogP contribution in [-0.4, -0.2) is 80.9 Å². The highest BCUT2D eigenvalue weighted by Gasteiger charge is 2.26. The summed E-state index contributed by atoms with van der Waals surface area (Å²) >= 11 is 0. The first kappa shape index (κ1) is 27.2. The van der Waals surface area contributed by atoms with E-state index in [0.717, 1.165) is 5.56 Å². The fourth-order valence-corrected chi connectivity index (χ4v) is 2.69. The molecule has 3 N–H and O–H groups in total. The Kier molecular flexibility index (Phi) is 13.5. The van der Waals surface area contributed by atoms with Gasteiger partial charge in [-0.05, 0) is 17.9 Å². The molecule has 2 unspecified atom stereocenters. The third-order valence-corrected chi connectivity index (χ3v) is 4.26. The highest BCUT2D eigenvalue weighted by atomic mass is 16.5. The molecule has 0 aromatic heterocycles. The van der Waals surface area contributed by atoms with Crippen LogP contribution >= 0.6 is 0 Å². The third-order valence-electron chi connectivity index (χ3n) is 4.26. The number of carboxylic acids is 1. The molecule has 2 amide bonds. The molecule has 1 rings (SSSR count). The number of nitrogens with one attached hydrogen (secondary N) is 2. The second-order valence-electron chi connectivity index (χ2n) is 7.34. The molecule has 0 radical (unpaired) electrons. The van der Waals surface area contributed by atoms with Gasteiger partial charge in [0.05, 0.1) is 32.5 Å². The first-order valence-corrected chi connectivity index (χ1v) is 10.4. The maximum Gasteiger partial charge on any atom is 0.329 e.